The third kappa shape index (κ3) is 7.08. The van der Waals surface area contributed by atoms with Gasteiger partial charge in [0.25, 0.3) is 0 Å². The molecular formula is C15H24N2O4. The summed E-state index contributed by atoms with van der Waals surface area (Å²) in [5.74, 6) is 0. The van der Waals surface area contributed by atoms with Crippen molar-refractivity contribution in [1.29, 1.82) is 0 Å². The van der Waals surface area contributed by atoms with E-state index < -0.39 is 24.0 Å². The van der Waals surface area contributed by atoms with E-state index in [9.17, 15) is 9.90 Å². The smallest absolute Gasteiger partial charge is 0.407 e. The number of nitrogens with two attached hydrogens (primary N) is 1. The number of nitrogens with one attached hydrogen (secondary N) is 1. The van der Waals surface area contributed by atoms with Gasteiger partial charge in [-0.2, -0.15) is 0 Å². The van der Waals surface area contributed by atoms with Gasteiger partial charge in [0.2, 0.25) is 0 Å². The summed E-state index contributed by atoms with van der Waals surface area (Å²) < 4.78 is 10.4. The lowest BCUT2D eigenvalue weighted by Crippen LogP contribution is -2.51. The molecule has 118 valence electrons. The molecule has 0 saturated carbocycles. The van der Waals surface area contributed by atoms with E-state index in [2.05, 4.69) is 5.32 Å². The van der Waals surface area contributed by atoms with E-state index in [1.54, 1.807) is 20.8 Å². The normalized spacial score (nSPS) is 14.3. The van der Waals surface area contributed by atoms with Crippen LogP contribution in [-0.2, 0) is 16.1 Å². The number of hydrogen-bond donors (Lipinski definition) is 3. The van der Waals surface area contributed by atoms with Crippen LogP contribution in [0.5, 0.6) is 0 Å². The zero-order valence-corrected chi connectivity index (χ0v) is 12.7. The van der Waals surface area contributed by atoms with Crippen LogP contribution in [-0.4, -0.2) is 35.7 Å². The summed E-state index contributed by atoms with van der Waals surface area (Å²) in [5, 5.41) is 12.4. The fourth-order valence-corrected chi connectivity index (χ4v) is 1.61. The summed E-state index contributed by atoms with van der Waals surface area (Å²) in [6.07, 6.45) is -1.84. The molecule has 0 aliphatic rings. The number of carbonyl (C=O) groups excluding carboxylic acids is 1. The maximum Gasteiger partial charge on any atom is 0.407 e. The molecule has 0 aliphatic heterocycles. The number of aliphatic hydroxyl groups excluding tert-OH is 1. The number of rotatable bonds is 6. The van der Waals surface area contributed by atoms with E-state index in [0.29, 0.717) is 0 Å². The van der Waals surface area contributed by atoms with Crippen LogP contribution in [0.2, 0.25) is 0 Å². The second kappa shape index (κ2) is 7.97. The van der Waals surface area contributed by atoms with Crippen molar-refractivity contribution in [3.05, 3.63) is 35.9 Å². The first-order valence-corrected chi connectivity index (χ1v) is 6.85. The lowest BCUT2D eigenvalue weighted by molar-refractivity contribution is -0.177. The Balaban J connectivity index is 2.43. The van der Waals surface area contributed by atoms with E-state index in [0.717, 1.165) is 5.56 Å². The van der Waals surface area contributed by atoms with Gasteiger partial charge in [0.05, 0.1) is 11.6 Å². The summed E-state index contributed by atoms with van der Waals surface area (Å²) in [4.78, 5) is 11.7. The molecule has 4 N–H and O–H groups in total. The molecule has 0 bridgehead atoms. The Morgan fingerprint density at radius 1 is 1.33 bits per heavy atom. The first-order chi connectivity index (χ1) is 9.81. The lowest BCUT2D eigenvalue weighted by atomic mass is 10.2. The largest absolute Gasteiger partial charge is 0.445 e. The topological polar surface area (TPSA) is 93.8 Å². The predicted molar refractivity (Wildman–Crippen MR) is 79.4 cm³/mol. The molecule has 0 spiro atoms. The van der Waals surface area contributed by atoms with Crippen LogP contribution >= 0.6 is 0 Å². The molecular weight excluding hydrogens is 272 g/mol. The molecule has 21 heavy (non-hydrogen) atoms. The van der Waals surface area contributed by atoms with Gasteiger partial charge in [-0.15, -0.1) is 0 Å². The maximum absolute atomic E-state index is 11.7. The zero-order chi connectivity index (χ0) is 15.9. The van der Waals surface area contributed by atoms with Crippen LogP contribution in [0.3, 0.4) is 0 Å². The van der Waals surface area contributed by atoms with Crippen LogP contribution in [0.1, 0.15) is 26.3 Å². The molecule has 1 rings (SSSR count). The number of alkyl carbamates (subject to hydrolysis) is 1. The highest BCUT2D eigenvalue weighted by molar-refractivity contribution is 5.67. The monoisotopic (exact) mass is 296 g/mol. The molecule has 1 aromatic rings. The minimum atomic E-state index is -1.20. The SMILES string of the molecule is CC(C)(C)OC(O)C(CN)NC(=O)OCc1ccccc1. The van der Waals surface area contributed by atoms with Crippen LogP contribution < -0.4 is 11.1 Å². The molecule has 0 aliphatic carbocycles. The minimum Gasteiger partial charge on any atom is -0.445 e. The van der Waals surface area contributed by atoms with Gasteiger partial charge < -0.3 is 25.6 Å². The van der Waals surface area contributed by atoms with Gasteiger partial charge in [0.15, 0.2) is 6.29 Å². The number of ether oxygens (including phenoxy) is 2. The van der Waals surface area contributed by atoms with Crippen molar-refractivity contribution in [3.63, 3.8) is 0 Å². The zero-order valence-electron chi connectivity index (χ0n) is 12.7. The molecule has 1 aromatic carbocycles. The van der Waals surface area contributed by atoms with Gasteiger partial charge in [-0.05, 0) is 26.3 Å². The predicted octanol–water partition coefficient (Wildman–Crippen LogP) is 1.37. The van der Waals surface area contributed by atoms with Crippen LogP contribution in [0.4, 0.5) is 4.79 Å². The maximum atomic E-state index is 11.7. The molecule has 6 heteroatoms. The molecule has 2 atom stereocenters. The van der Waals surface area contributed by atoms with Crippen LogP contribution in [0.15, 0.2) is 30.3 Å². The molecule has 0 saturated heterocycles. The van der Waals surface area contributed by atoms with E-state index in [4.69, 9.17) is 15.2 Å². The Hall–Kier alpha value is -1.63. The number of benzene rings is 1. The minimum absolute atomic E-state index is 0.0394. The third-order valence-electron chi connectivity index (χ3n) is 2.59. The lowest BCUT2D eigenvalue weighted by Gasteiger charge is -2.29. The van der Waals surface area contributed by atoms with E-state index >= 15 is 0 Å². The Kier molecular flexibility index (Phi) is 6.61. The summed E-state index contributed by atoms with van der Waals surface area (Å²) in [6.45, 7) is 5.60. The standard InChI is InChI=1S/C15H24N2O4/c1-15(2,3)21-13(18)12(9-16)17-14(19)20-10-11-7-5-4-6-8-11/h4-8,12-13,18H,9-10,16H2,1-3H3,(H,17,19). The second-order valence-electron chi connectivity index (χ2n) is 5.67. The van der Waals surface area contributed by atoms with Gasteiger partial charge in [-0.25, -0.2) is 4.79 Å². The highest BCUT2D eigenvalue weighted by Gasteiger charge is 2.25. The Morgan fingerprint density at radius 3 is 2.48 bits per heavy atom. The Labute approximate surface area is 125 Å². The third-order valence-corrected chi connectivity index (χ3v) is 2.59. The fraction of sp³-hybridized carbons (Fsp3) is 0.533. The van der Waals surface area contributed by atoms with Gasteiger partial charge in [0.1, 0.15) is 6.61 Å². The van der Waals surface area contributed by atoms with Crippen molar-refractivity contribution in [3.8, 4) is 0 Å². The van der Waals surface area contributed by atoms with Crippen molar-refractivity contribution >= 4 is 6.09 Å². The molecule has 0 fully saturated rings. The summed E-state index contributed by atoms with van der Waals surface area (Å²) in [5.41, 5.74) is 5.88. The molecule has 0 heterocycles. The molecule has 1 amide bonds. The Bertz CT molecular complexity index is 431. The highest BCUT2D eigenvalue weighted by Crippen LogP contribution is 2.11. The summed E-state index contributed by atoms with van der Waals surface area (Å²) in [6, 6.07) is 8.58. The quantitative estimate of drug-likeness (QED) is 0.689. The summed E-state index contributed by atoms with van der Waals surface area (Å²) in [7, 11) is 0. The van der Waals surface area contributed by atoms with Crippen LogP contribution in [0.25, 0.3) is 0 Å². The van der Waals surface area contributed by atoms with Crippen LogP contribution in [0, 0.1) is 0 Å². The van der Waals surface area contributed by atoms with Gasteiger partial charge in [-0.3, -0.25) is 0 Å². The van der Waals surface area contributed by atoms with E-state index in [1.807, 2.05) is 30.3 Å². The van der Waals surface area contributed by atoms with Crippen molar-refractivity contribution in [2.45, 2.75) is 45.3 Å². The van der Waals surface area contributed by atoms with E-state index in [1.165, 1.54) is 0 Å². The van der Waals surface area contributed by atoms with Crippen molar-refractivity contribution in [2.24, 2.45) is 5.73 Å². The van der Waals surface area contributed by atoms with Gasteiger partial charge in [-0.1, -0.05) is 30.3 Å². The van der Waals surface area contributed by atoms with Crippen molar-refractivity contribution < 1.29 is 19.4 Å². The molecule has 2 unspecified atom stereocenters. The highest BCUT2D eigenvalue weighted by atomic mass is 16.6. The molecule has 0 radical (unpaired) electrons. The fourth-order valence-electron chi connectivity index (χ4n) is 1.61. The number of aliphatic hydroxyl groups is 1. The summed E-state index contributed by atoms with van der Waals surface area (Å²) >= 11 is 0. The first kappa shape index (κ1) is 17.4. The average Bonchev–Trinajstić information content (AvgIpc) is 2.41. The first-order valence-electron chi connectivity index (χ1n) is 6.85. The molecule has 0 aromatic heterocycles. The second-order valence-corrected chi connectivity index (χ2v) is 5.67. The molecule has 6 nitrogen and oxygen atoms in total. The number of carbonyl (C=O) groups is 1. The number of amides is 1. The van der Waals surface area contributed by atoms with Crippen molar-refractivity contribution in [2.75, 3.05) is 6.54 Å². The van der Waals surface area contributed by atoms with E-state index in [-0.39, 0.29) is 13.2 Å². The van der Waals surface area contributed by atoms with Crippen molar-refractivity contribution in [1.82, 2.24) is 5.32 Å². The van der Waals surface area contributed by atoms with Gasteiger partial charge >= 0.3 is 6.09 Å². The number of hydrogen-bond acceptors (Lipinski definition) is 5. The average molecular weight is 296 g/mol. The van der Waals surface area contributed by atoms with Gasteiger partial charge in [0, 0.05) is 6.54 Å². The Morgan fingerprint density at radius 2 is 1.95 bits per heavy atom.